The van der Waals surface area contributed by atoms with Gasteiger partial charge >= 0.3 is 6.18 Å². The molecule has 3 N–H and O–H groups in total. The lowest BCUT2D eigenvalue weighted by Gasteiger charge is -2.20. The molecule has 0 atom stereocenters. The van der Waals surface area contributed by atoms with E-state index in [1.165, 1.54) is 6.07 Å². The molecule has 1 heterocycles. The van der Waals surface area contributed by atoms with Crippen molar-refractivity contribution in [3.05, 3.63) is 10.9 Å². The van der Waals surface area contributed by atoms with Crippen molar-refractivity contribution < 1.29 is 18.0 Å². The molecule has 0 unspecified atom stereocenters. The summed E-state index contributed by atoms with van der Waals surface area (Å²) in [6.45, 7) is 3.46. The summed E-state index contributed by atoms with van der Waals surface area (Å²) in [6.07, 6.45) is -4.17. The predicted molar refractivity (Wildman–Crippen MR) is 69.5 cm³/mol. The quantitative estimate of drug-likeness (QED) is 0.832. The molecule has 106 valence electrons. The number of Topliss-reactive ketones (excluding diaryl/α,β-unsaturated/α-hetero) is 1. The largest absolute Gasteiger partial charge is 0.411 e. The van der Waals surface area contributed by atoms with Crippen molar-refractivity contribution in [3.8, 4) is 0 Å². The number of carbonyl (C=O) groups excluding carboxylic acids is 1. The number of hydrogen-bond donors (Lipinski definition) is 2. The van der Waals surface area contributed by atoms with Crippen molar-refractivity contribution >= 4 is 27.8 Å². The van der Waals surface area contributed by atoms with Gasteiger partial charge in [-0.15, -0.1) is 11.3 Å². The Bertz CT molecular complexity index is 504. The molecule has 19 heavy (non-hydrogen) atoms. The highest BCUT2D eigenvalue weighted by molar-refractivity contribution is 7.18. The van der Waals surface area contributed by atoms with Gasteiger partial charge in [-0.2, -0.15) is 13.2 Å². The predicted octanol–water partition coefficient (Wildman–Crippen LogP) is 3.68. The standard InChI is InChI=1S/C12H15F3N2OS/c1-6(2)9(18)10-7(16)5-8(19-10)17-11(3-4-11)12(13,14)15/h5-6,17H,3-4,16H2,1-2H3. The van der Waals surface area contributed by atoms with Crippen molar-refractivity contribution in [1.82, 2.24) is 0 Å². The van der Waals surface area contributed by atoms with Gasteiger partial charge in [0.15, 0.2) is 5.78 Å². The van der Waals surface area contributed by atoms with Gasteiger partial charge in [-0.1, -0.05) is 13.8 Å². The fourth-order valence-corrected chi connectivity index (χ4v) is 2.93. The number of anilines is 2. The van der Waals surface area contributed by atoms with E-state index >= 15 is 0 Å². The fraction of sp³-hybridized carbons (Fsp3) is 0.583. The van der Waals surface area contributed by atoms with E-state index in [2.05, 4.69) is 5.32 Å². The van der Waals surface area contributed by atoms with Crippen LogP contribution in [0.2, 0.25) is 0 Å². The zero-order valence-corrected chi connectivity index (χ0v) is 11.4. The summed E-state index contributed by atoms with van der Waals surface area (Å²) in [4.78, 5) is 12.2. The number of nitrogens with two attached hydrogens (primary N) is 1. The highest BCUT2D eigenvalue weighted by Crippen LogP contribution is 2.52. The van der Waals surface area contributed by atoms with Gasteiger partial charge in [-0.3, -0.25) is 4.79 Å². The molecule has 0 saturated heterocycles. The van der Waals surface area contributed by atoms with E-state index in [1.807, 2.05) is 0 Å². The topological polar surface area (TPSA) is 55.1 Å². The fourth-order valence-electron chi connectivity index (χ4n) is 1.76. The SMILES string of the molecule is CC(C)C(=O)c1sc(NC2(C(F)(F)F)CC2)cc1N. The molecule has 0 radical (unpaired) electrons. The Morgan fingerprint density at radius 2 is 2.05 bits per heavy atom. The maximum Gasteiger partial charge on any atom is 0.411 e. The minimum absolute atomic E-state index is 0.0573. The molecular formula is C12H15F3N2OS. The van der Waals surface area contributed by atoms with Crippen LogP contribution in [0.15, 0.2) is 6.07 Å². The molecule has 3 nitrogen and oxygen atoms in total. The lowest BCUT2D eigenvalue weighted by atomic mass is 10.1. The summed E-state index contributed by atoms with van der Waals surface area (Å²) in [6, 6.07) is 1.41. The van der Waals surface area contributed by atoms with E-state index in [-0.39, 0.29) is 30.2 Å². The van der Waals surface area contributed by atoms with Crippen molar-refractivity contribution in [2.45, 2.75) is 38.4 Å². The smallest absolute Gasteiger partial charge is 0.397 e. The third-order valence-electron chi connectivity index (χ3n) is 3.16. The van der Waals surface area contributed by atoms with Gasteiger partial charge in [0.1, 0.15) is 5.54 Å². The number of alkyl halides is 3. The maximum absolute atomic E-state index is 12.8. The average Bonchev–Trinajstić information content (AvgIpc) is 2.96. The summed E-state index contributed by atoms with van der Waals surface area (Å²) < 4.78 is 38.5. The molecule has 2 rings (SSSR count). The van der Waals surface area contributed by atoms with E-state index in [4.69, 9.17) is 5.73 Å². The van der Waals surface area contributed by atoms with Crippen LogP contribution in [-0.2, 0) is 0 Å². The second kappa shape index (κ2) is 4.40. The van der Waals surface area contributed by atoms with E-state index in [1.54, 1.807) is 13.8 Å². The number of rotatable bonds is 4. The Labute approximate surface area is 113 Å². The molecule has 0 bridgehead atoms. The molecule has 0 amide bonds. The van der Waals surface area contributed by atoms with Gasteiger partial charge in [0, 0.05) is 5.92 Å². The molecule has 1 fully saturated rings. The monoisotopic (exact) mass is 292 g/mol. The zero-order chi connectivity index (χ0) is 14.4. The Balaban J connectivity index is 2.20. The van der Waals surface area contributed by atoms with Crippen molar-refractivity contribution in [1.29, 1.82) is 0 Å². The minimum atomic E-state index is -4.28. The minimum Gasteiger partial charge on any atom is -0.397 e. The Morgan fingerprint density at radius 1 is 1.47 bits per heavy atom. The lowest BCUT2D eigenvalue weighted by molar-refractivity contribution is -0.151. The highest BCUT2D eigenvalue weighted by Gasteiger charge is 2.63. The van der Waals surface area contributed by atoms with Crippen LogP contribution >= 0.6 is 11.3 Å². The first kappa shape index (κ1) is 14.2. The Morgan fingerprint density at radius 3 is 2.47 bits per heavy atom. The number of halogens is 3. The first-order chi connectivity index (χ1) is 8.66. The van der Waals surface area contributed by atoms with Crippen LogP contribution in [0.1, 0.15) is 36.4 Å². The van der Waals surface area contributed by atoms with Crippen LogP contribution in [0.5, 0.6) is 0 Å². The van der Waals surface area contributed by atoms with E-state index in [9.17, 15) is 18.0 Å². The van der Waals surface area contributed by atoms with E-state index in [0.717, 1.165) is 11.3 Å². The molecule has 1 aromatic rings. The van der Waals surface area contributed by atoms with Gasteiger partial charge in [0.05, 0.1) is 15.6 Å². The first-order valence-corrected chi connectivity index (χ1v) is 6.76. The molecule has 0 spiro atoms. The van der Waals surface area contributed by atoms with E-state index in [0.29, 0.717) is 9.88 Å². The van der Waals surface area contributed by atoms with Crippen LogP contribution < -0.4 is 11.1 Å². The van der Waals surface area contributed by atoms with Gasteiger partial charge < -0.3 is 11.1 Å². The number of nitrogen functional groups attached to an aromatic ring is 1. The van der Waals surface area contributed by atoms with Crippen LogP contribution in [0, 0.1) is 5.92 Å². The highest BCUT2D eigenvalue weighted by atomic mass is 32.1. The zero-order valence-electron chi connectivity index (χ0n) is 10.6. The summed E-state index contributed by atoms with van der Waals surface area (Å²) in [5.74, 6) is -0.376. The summed E-state index contributed by atoms with van der Waals surface area (Å²) in [5, 5.41) is 2.79. The first-order valence-electron chi connectivity index (χ1n) is 5.95. The number of hydrogen-bond acceptors (Lipinski definition) is 4. The molecule has 7 heteroatoms. The molecule has 0 aliphatic heterocycles. The van der Waals surface area contributed by atoms with Gasteiger partial charge in [-0.25, -0.2) is 0 Å². The van der Waals surface area contributed by atoms with Gasteiger partial charge in [0.2, 0.25) is 0 Å². The molecule has 0 aromatic carbocycles. The summed E-state index contributed by atoms with van der Waals surface area (Å²) in [5.41, 5.74) is 4.11. The second-order valence-corrected chi connectivity index (χ2v) is 6.17. The lowest BCUT2D eigenvalue weighted by Crippen LogP contribution is -2.38. The maximum atomic E-state index is 12.8. The van der Waals surface area contributed by atoms with E-state index < -0.39 is 11.7 Å². The van der Waals surface area contributed by atoms with Crippen molar-refractivity contribution in [2.24, 2.45) is 5.92 Å². The third-order valence-corrected chi connectivity index (χ3v) is 4.24. The van der Waals surface area contributed by atoms with Crippen molar-refractivity contribution in [2.75, 3.05) is 11.1 Å². The van der Waals surface area contributed by atoms with Crippen LogP contribution in [0.4, 0.5) is 23.9 Å². The Kier molecular flexibility index (Phi) is 3.28. The van der Waals surface area contributed by atoms with Crippen LogP contribution in [0.25, 0.3) is 0 Å². The molecule has 1 aromatic heterocycles. The number of thiophene rings is 1. The van der Waals surface area contributed by atoms with Crippen LogP contribution in [0.3, 0.4) is 0 Å². The number of nitrogens with one attached hydrogen (secondary N) is 1. The third kappa shape index (κ3) is 2.56. The molecule has 1 aliphatic rings. The summed E-state index contributed by atoms with van der Waals surface area (Å²) in [7, 11) is 0. The van der Waals surface area contributed by atoms with Crippen LogP contribution in [-0.4, -0.2) is 17.5 Å². The molecule has 1 aliphatic carbocycles. The number of ketones is 1. The van der Waals surface area contributed by atoms with Gasteiger partial charge in [-0.05, 0) is 18.9 Å². The molecule has 1 saturated carbocycles. The van der Waals surface area contributed by atoms with Crippen molar-refractivity contribution in [3.63, 3.8) is 0 Å². The summed E-state index contributed by atoms with van der Waals surface area (Å²) >= 11 is 0.993. The van der Waals surface area contributed by atoms with Gasteiger partial charge in [0.25, 0.3) is 0 Å². The average molecular weight is 292 g/mol. The number of carbonyl (C=O) groups is 1. The normalized spacial score (nSPS) is 17.6. The second-order valence-electron chi connectivity index (χ2n) is 5.12. The Hall–Kier alpha value is -1.24. The molecular weight excluding hydrogens is 277 g/mol.